The molecule has 0 unspecified atom stereocenters. The minimum absolute atomic E-state index is 0.335. The van der Waals surface area contributed by atoms with Gasteiger partial charge in [-0.25, -0.2) is 4.79 Å². The molecule has 1 N–H and O–H groups in total. The van der Waals surface area contributed by atoms with Crippen LogP contribution in [-0.2, 0) is 4.74 Å². The molecule has 0 saturated heterocycles. The number of hydrogen-bond acceptors (Lipinski definition) is 3. The second-order valence-electron chi connectivity index (χ2n) is 4.29. The monoisotopic (exact) mass is 255 g/mol. The van der Waals surface area contributed by atoms with E-state index >= 15 is 0 Å². The van der Waals surface area contributed by atoms with E-state index in [1.807, 2.05) is 24.3 Å². The highest BCUT2D eigenvalue weighted by Crippen LogP contribution is 2.28. The number of fused-ring (bicyclic) bond motifs is 3. The molecule has 4 nitrogen and oxygen atoms in total. The molecular formula is C15H13NO3. The van der Waals surface area contributed by atoms with Gasteiger partial charge in [0.25, 0.3) is 0 Å². The zero-order chi connectivity index (χ0) is 13.4. The molecule has 3 aromatic rings. The quantitative estimate of drug-likeness (QED) is 0.716. The molecule has 0 atom stereocenters. The molecule has 0 aliphatic carbocycles. The molecule has 1 aromatic heterocycles. The van der Waals surface area contributed by atoms with Gasteiger partial charge in [-0.05, 0) is 24.3 Å². The largest absolute Gasteiger partial charge is 0.497 e. The zero-order valence-corrected chi connectivity index (χ0v) is 10.7. The van der Waals surface area contributed by atoms with Gasteiger partial charge in [-0.3, -0.25) is 0 Å². The third-order valence-corrected chi connectivity index (χ3v) is 3.23. The zero-order valence-electron chi connectivity index (χ0n) is 10.7. The van der Waals surface area contributed by atoms with Gasteiger partial charge in [-0.2, -0.15) is 0 Å². The lowest BCUT2D eigenvalue weighted by molar-refractivity contribution is 0.0601. The van der Waals surface area contributed by atoms with E-state index in [-0.39, 0.29) is 5.97 Å². The first-order valence-corrected chi connectivity index (χ1v) is 5.90. The van der Waals surface area contributed by atoms with Crippen molar-refractivity contribution in [2.45, 2.75) is 0 Å². The number of ether oxygens (including phenoxy) is 2. The highest BCUT2D eigenvalue weighted by molar-refractivity contribution is 6.09. The molecule has 0 spiro atoms. The average Bonchev–Trinajstić information content (AvgIpc) is 2.82. The summed E-state index contributed by atoms with van der Waals surface area (Å²) in [5, 5.41) is 2.18. The predicted octanol–water partition coefficient (Wildman–Crippen LogP) is 3.12. The Morgan fingerprint density at radius 2 is 1.68 bits per heavy atom. The molecule has 0 aliphatic heterocycles. The van der Waals surface area contributed by atoms with Gasteiger partial charge >= 0.3 is 5.97 Å². The van der Waals surface area contributed by atoms with Crippen molar-refractivity contribution in [3.63, 3.8) is 0 Å². The Balaban J connectivity index is 2.24. The lowest BCUT2D eigenvalue weighted by Gasteiger charge is -1.99. The van der Waals surface area contributed by atoms with Crippen molar-refractivity contribution in [3.05, 3.63) is 42.0 Å². The fourth-order valence-electron chi connectivity index (χ4n) is 2.26. The summed E-state index contributed by atoms with van der Waals surface area (Å²) in [6.07, 6.45) is 0. The number of carbonyl (C=O) groups excluding carboxylic acids is 1. The van der Waals surface area contributed by atoms with Crippen LogP contribution in [0.2, 0.25) is 0 Å². The Morgan fingerprint density at radius 1 is 1.00 bits per heavy atom. The number of methoxy groups -OCH3 is 2. The van der Waals surface area contributed by atoms with E-state index in [2.05, 4.69) is 4.98 Å². The lowest BCUT2D eigenvalue weighted by atomic mass is 10.1. The van der Waals surface area contributed by atoms with Crippen LogP contribution in [0.25, 0.3) is 21.8 Å². The average molecular weight is 255 g/mol. The summed E-state index contributed by atoms with van der Waals surface area (Å²) in [5.41, 5.74) is 2.43. The standard InChI is InChI=1S/C15H13NO3/c1-18-10-4-6-12-11-5-3-9(15(17)19-2)7-13(11)16-14(12)8-10/h3-8,16H,1-2H3. The number of aromatic amines is 1. The van der Waals surface area contributed by atoms with Gasteiger partial charge in [0, 0.05) is 22.4 Å². The maximum absolute atomic E-state index is 11.5. The predicted molar refractivity (Wildman–Crippen MR) is 73.7 cm³/mol. The fourth-order valence-corrected chi connectivity index (χ4v) is 2.26. The van der Waals surface area contributed by atoms with Crippen molar-refractivity contribution in [3.8, 4) is 5.75 Å². The van der Waals surface area contributed by atoms with Crippen molar-refractivity contribution >= 4 is 27.8 Å². The van der Waals surface area contributed by atoms with Crippen LogP contribution >= 0.6 is 0 Å². The molecule has 96 valence electrons. The van der Waals surface area contributed by atoms with E-state index in [1.165, 1.54) is 7.11 Å². The van der Waals surface area contributed by atoms with Crippen molar-refractivity contribution in [2.24, 2.45) is 0 Å². The maximum Gasteiger partial charge on any atom is 0.337 e. The third-order valence-electron chi connectivity index (χ3n) is 3.23. The number of hydrogen-bond donors (Lipinski definition) is 1. The Labute approximate surface area is 109 Å². The van der Waals surface area contributed by atoms with Crippen LogP contribution < -0.4 is 4.74 Å². The summed E-state index contributed by atoms with van der Waals surface area (Å²) in [5.74, 6) is 0.463. The van der Waals surface area contributed by atoms with Crippen molar-refractivity contribution in [2.75, 3.05) is 14.2 Å². The van der Waals surface area contributed by atoms with Gasteiger partial charge in [-0.1, -0.05) is 6.07 Å². The van der Waals surface area contributed by atoms with Gasteiger partial charge in [0.15, 0.2) is 0 Å². The normalized spacial score (nSPS) is 10.8. The van der Waals surface area contributed by atoms with E-state index in [4.69, 9.17) is 9.47 Å². The molecule has 3 rings (SSSR count). The highest BCUT2D eigenvalue weighted by Gasteiger charge is 2.09. The molecule has 0 radical (unpaired) electrons. The van der Waals surface area contributed by atoms with Crippen LogP contribution in [-0.4, -0.2) is 25.2 Å². The fraction of sp³-hybridized carbons (Fsp3) is 0.133. The molecule has 19 heavy (non-hydrogen) atoms. The summed E-state index contributed by atoms with van der Waals surface area (Å²) in [6.45, 7) is 0. The van der Waals surface area contributed by atoms with Gasteiger partial charge in [0.1, 0.15) is 5.75 Å². The van der Waals surface area contributed by atoms with Crippen LogP contribution in [0.4, 0.5) is 0 Å². The van der Waals surface area contributed by atoms with Crippen molar-refractivity contribution in [1.29, 1.82) is 0 Å². The summed E-state index contributed by atoms with van der Waals surface area (Å²) >= 11 is 0. The third kappa shape index (κ3) is 1.81. The first kappa shape index (κ1) is 11.6. The van der Waals surface area contributed by atoms with Crippen LogP contribution in [0.15, 0.2) is 36.4 Å². The van der Waals surface area contributed by atoms with Crippen LogP contribution in [0, 0.1) is 0 Å². The summed E-state index contributed by atoms with van der Waals surface area (Å²) in [4.78, 5) is 14.8. The molecule has 0 fully saturated rings. The van der Waals surface area contributed by atoms with Crippen LogP contribution in [0.1, 0.15) is 10.4 Å². The Kier molecular flexibility index (Phi) is 2.63. The number of H-pyrrole nitrogens is 1. The van der Waals surface area contributed by atoms with Gasteiger partial charge in [0.05, 0.1) is 25.3 Å². The first-order valence-electron chi connectivity index (χ1n) is 5.90. The molecule has 0 amide bonds. The van der Waals surface area contributed by atoms with E-state index in [9.17, 15) is 4.79 Å². The molecule has 0 bridgehead atoms. The second-order valence-corrected chi connectivity index (χ2v) is 4.29. The molecule has 0 aliphatic rings. The van der Waals surface area contributed by atoms with Crippen LogP contribution in [0.3, 0.4) is 0 Å². The highest BCUT2D eigenvalue weighted by atomic mass is 16.5. The van der Waals surface area contributed by atoms with E-state index in [0.29, 0.717) is 5.56 Å². The molecule has 2 aromatic carbocycles. The van der Waals surface area contributed by atoms with E-state index in [1.54, 1.807) is 19.2 Å². The lowest BCUT2D eigenvalue weighted by Crippen LogP contribution is -2.00. The Hall–Kier alpha value is -2.49. The van der Waals surface area contributed by atoms with Crippen LogP contribution in [0.5, 0.6) is 5.75 Å². The SMILES string of the molecule is COC(=O)c1ccc2c(c1)[nH]c1cc(OC)ccc12. The van der Waals surface area contributed by atoms with Gasteiger partial charge < -0.3 is 14.5 Å². The maximum atomic E-state index is 11.5. The molecule has 4 heteroatoms. The number of rotatable bonds is 2. The van der Waals surface area contributed by atoms with Gasteiger partial charge in [-0.15, -0.1) is 0 Å². The number of aromatic nitrogens is 1. The first-order chi connectivity index (χ1) is 9.22. The summed E-state index contributed by atoms with van der Waals surface area (Å²) < 4.78 is 9.93. The van der Waals surface area contributed by atoms with E-state index < -0.39 is 0 Å². The van der Waals surface area contributed by atoms with Gasteiger partial charge in [0.2, 0.25) is 0 Å². The second kappa shape index (κ2) is 4.31. The molecular weight excluding hydrogens is 242 g/mol. The Morgan fingerprint density at radius 3 is 2.37 bits per heavy atom. The van der Waals surface area contributed by atoms with E-state index in [0.717, 1.165) is 27.6 Å². The smallest absolute Gasteiger partial charge is 0.337 e. The minimum Gasteiger partial charge on any atom is -0.497 e. The Bertz CT molecular complexity index is 774. The van der Waals surface area contributed by atoms with Crippen molar-refractivity contribution in [1.82, 2.24) is 4.98 Å². The summed E-state index contributed by atoms with van der Waals surface area (Å²) in [6, 6.07) is 11.4. The number of esters is 1. The topological polar surface area (TPSA) is 51.3 Å². The van der Waals surface area contributed by atoms with Crippen molar-refractivity contribution < 1.29 is 14.3 Å². The number of benzene rings is 2. The minimum atomic E-state index is -0.335. The number of carbonyl (C=O) groups is 1. The molecule has 1 heterocycles. The summed E-state index contributed by atoms with van der Waals surface area (Å²) in [7, 11) is 3.02. The molecule has 0 saturated carbocycles. The number of nitrogens with one attached hydrogen (secondary N) is 1.